The van der Waals surface area contributed by atoms with Crippen LogP contribution in [0.2, 0.25) is 0 Å². The number of nitrogens with zero attached hydrogens (tertiary/aromatic N) is 1. The molecule has 4 N–H and O–H groups in total. The molecule has 0 radical (unpaired) electrons. The first-order valence-corrected chi connectivity index (χ1v) is 9.82. The molecule has 2 aliphatic rings. The third-order valence-electron chi connectivity index (χ3n) is 5.21. The predicted octanol–water partition coefficient (Wildman–Crippen LogP) is 0.685. The van der Waals surface area contributed by atoms with Crippen molar-refractivity contribution in [2.24, 2.45) is 5.92 Å². The lowest BCUT2D eigenvalue weighted by molar-refractivity contribution is -0.125. The number of piperidine rings is 1. The number of likely N-dealkylation sites (tertiary alicyclic amines) is 1. The number of hydrogen-bond acceptors (Lipinski definition) is 5. The summed E-state index contributed by atoms with van der Waals surface area (Å²) in [7, 11) is 0. The summed E-state index contributed by atoms with van der Waals surface area (Å²) in [6.07, 6.45) is 0.901. The van der Waals surface area contributed by atoms with Crippen LogP contribution in [0, 0.1) is 5.92 Å². The second-order valence-electron chi connectivity index (χ2n) is 7.96. The van der Waals surface area contributed by atoms with E-state index in [1.165, 1.54) is 0 Å². The first-order chi connectivity index (χ1) is 13.8. The minimum absolute atomic E-state index is 0.146. The number of anilines is 1. The lowest BCUT2D eigenvalue weighted by Gasteiger charge is -2.36. The summed E-state index contributed by atoms with van der Waals surface area (Å²) in [5, 5.41) is 10.6. The van der Waals surface area contributed by atoms with Gasteiger partial charge in [0.1, 0.15) is 5.54 Å². The van der Waals surface area contributed by atoms with Gasteiger partial charge in [0.15, 0.2) is 0 Å². The van der Waals surface area contributed by atoms with E-state index in [0.717, 1.165) is 0 Å². The number of amides is 5. The Morgan fingerprint density at radius 2 is 1.86 bits per heavy atom. The van der Waals surface area contributed by atoms with Crippen molar-refractivity contribution in [3.63, 3.8) is 0 Å². The summed E-state index contributed by atoms with van der Waals surface area (Å²) in [6.45, 7) is 5.75. The molecule has 2 saturated heterocycles. The fraction of sp³-hybridized carbons (Fsp3) is 0.500. The summed E-state index contributed by atoms with van der Waals surface area (Å²) in [4.78, 5) is 50.2. The van der Waals surface area contributed by atoms with Crippen molar-refractivity contribution in [1.29, 1.82) is 0 Å². The number of carbonyl (C=O) groups is 4. The highest BCUT2D eigenvalue weighted by atomic mass is 16.2. The molecule has 0 saturated carbocycles. The molecule has 0 unspecified atom stereocenters. The van der Waals surface area contributed by atoms with Gasteiger partial charge in [-0.3, -0.25) is 24.6 Å². The number of nitrogens with one attached hydrogen (secondary N) is 4. The Labute approximate surface area is 169 Å². The van der Waals surface area contributed by atoms with E-state index in [-0.39, 0.29) is 24.3 Å². The van der Waals surface area contributed by atoms with Crippen molar-refractivity contribution in [1.82, 2.24) is 20.9 Å². The zero-order valence-corrected chi connectivity index (χ0v) is 16.7. The molecular formula is C20H27N5O4. The molecule has 2 fully saturated rings. The number of benzene rings is 1. The number of hydrogen-bond donors (Lipinski definition) is 4. The Kier molecular flexibility index (Phi) is 6.17. The van der Waals surface area contributed by atoms with E-state index in [0.29, 0.717) is 49.6 Å². The number of imide groups is 1. The van der Waals surface area contributed by atoms with Crippen LogP contribution in [0.4, 0.5) is 10.5 Å². The number of rotatable bonds is 6. The maximum atomic E-state index is 12.5. The molecule has 1 aromatic carbocycles. The second kappa shape index (κ2) is 8.60. The van der Waals surface area contributed by atoms with Crippen molar-refractivity contribution in [3.05, 3.63) is 29.8 Å². The van der Waals surface area contributed by atoms with Gasteiger partial charge in [-0.25, -0.2) is 4.79 Å². The first-order valence-electron chi connectivity index (χ1n) is 9.82. The van der Waals surface area contributed by atoms with Crippen molar-refractivity contribution in [3.8, 4) is 0 Å². The number of urea groups is 1. The van der Waals surface area contributed by atoms with Crippen LogP contribution >= 0.6 is 0 Å². The van der Waals surface area contributed by atoms with E-state index in [1.54, 1.807) is 24.3 Å². The summed E-state index contributed by atoms with van der Waals surface area (Å²) < 4.78 is 0. The van der Waals surface area contributed by atoms with Crippen LogP contribution in [0.25, 0.3) is 0 Å². The van der Waals surface area contributed by atoms with Crippen LogP contribution in [0.15, 0.2) is 24.3 Å². The molecule has 2 aliphatic heterocycles. The monoisotopic (exact) mass is 401 g/mol. The van der Waals surface area contributed by atoms with Gasteiger partial charge >= 0.3 is 6.03 Å². The predicted molar refractivity (Wildman–Crippen MR) is 107 cm³/mol. The second-order valence-corrected chi connectivity index (χ2v) is 7.96. The van der Waals surface area contributed by atoms with Gasteiger partial charge in [-0.15, -0.1) is 0 Å². The molecule has 0 bridgehead atoms. The van der Waals surface area contributed by atoms with E-state index >= 15 is 0 Å². The molecule has 1 spiro atoms. The Morgan fingerprint density at radius 3 is 2.48 bits per heavy atom. The number of carbonyl (C=O) groups excluding carboxylic acids is 4. The fourth-order valence-corrected chi connectivity index (χ4v) is 3.55. The van der Waals surface area contributed by atoms with Gasteiger partial charge in [-0.2, -0.15) is 0 Å². The quantitative estimate of drug-likeness (QED) is 0.523. The smallest absolute Gasteiger partial charge is 0.322 e. The van der Waals surface area contributed by atoms with Gasteiger partial charge < -0.3 is 16.0 Å². The zero-order chi connectivity index (χ0) is 21.0. The Morgan fingerprint density at radius 1 is 1.17 bits per heavy atom. The Balaban J connectivity index is 1.55. The molecule has 0 aromatic heterocycles. The van der Waals surface area contributed by atoms with Crippen LogP contribution in [-0.4, -0.2) is 60.4 Å². The van der Waals surface area contributed by atoms with Gasteiger partial charge in [0.2, 0.25) is 5.91 Å². The SMILES string of the molecule is CC(C)CNC(=O)c1ccccc1NC(=O)CN1CCC2(CC1)NC(=O)NC2=O. The fourth-order valence-electron chi connectivity index (χ4n) is 3.55. The van der Waals surface area contributed by atoms with Gasteiger partial charge in [0, 0.05) is 19.6 Å². The zero-order valence-electron chi connectivity index (χ0n) is 16.7. The van der Waals surface area contributed by atoms with Crippen molar-refractivity contribution < 1.29 is 19.2 Å². The van der Waals surface area contributed by atoms with Crippen LogP contribution in [-0.2, 0) is 9.59 Å². The van der Waals surface area contributed by atoms with Crippen molar-refractivity contribution in [2.45, 2.75) is 32.2 Å². The van der Waals surface area contributed by atoms with Gasteiger partial charge in [-0.05, 0) is 30.9 Å². The van der Waals surface area contributed by atoms with Gasteiger partial charge in [-0.1, -0.05) is 26.0 Å². The molecule has 9 nitrogen and oxygen atoms in total. The summed E-state index contributed by atoms with van der Waals surface area (Å²) in [6, 6.07) is 6.43. The van der Waals surface area contributed by atoms with Crippen LogP contribution in [0.3, 0.4) is 0 Å². The summed E-state index contributed by atoms with van der Waals surface area (Å²) in [5.41, 5.74) is 0.0321. The van der Waals surface area contributed by atoms with Crippen LogP contribution in [0.1, 0.15) is 37.0 Å². The largest absolute Gasteiger partial charge is 0.352 e. The highest BCUT2D eigenvalue weighted by Gasteiger charge is 2.47. The summed E-state index contributed by atoms with van der Waals surface area (Å²) in [5.74, 6) is -0.426. The normalized spacial score (nSPS) is 18.4. The molecule has 1 aromatic rings. The van der Waals surface area contributed by atoms with E-state index in [9.17, 15) is 19.2 Å². The third-order valence-corrected chi connectivity index (χ3v) is 5.21. The minimum atomic E-state index is -0.856. The lowest BCUT2D eigenvalue weighted by atomic mass is 9.88. The molecule has 0 aliphatic carbocycles. The van der Waals surface area contributed by atoms with Crippen molar-refractivity contribution in [2.75, 3.05) is 31.5 Å². The average Bonchev–Trinajstić information content (AvgIpc) is 2.95. The van der Waals surface area contributed by atoms with E-state index < -0.39 is 11.6 Å². The van der Waals surface area contributed by atoms with E-state index in [2.05, 4.69) is 21.3 Å². The van der Waals surface area contributed by atoms with Crippen LogP contribution < -0.4 is 21.3 Å². The van der Waals surface area contributed by atoms with Crippen molar-refractivity contribution >= 4 is 29.4 Å². The van der Waals surface area contributed by atoms with E-state index in [1.807, 2.05) is 18.7 Å². The lowest BCUT2D eigenvalue weighted by Crippen LogP contribution is -2.55. The molecule has 9 heteroatoms. The van der Waals surface area contributed by atoms with Gasteiger partial charge in [0.25, 0.3) is 11.8 Å². The molecule has 3 rings (SSSR count). The third kappa shape index (κ3) is 4.92. The maximum Gasteiger partial charge on any atom is 0.322 e. The number of para-hydroxylation sites is 1. The Bertz CT molecular complexity index is 815. The Hall–Kier alpha value is -2.94. The summed E-state index contributed by atoms with van der Waals surface area (Å²) >= 11 is 0. The minimum Gasteiger partial charge on any atom is -0.352 e. The average molecular weight is 401 g/mol. The molecule has 156 valence electrons. The van der Waals surface area contributed by atoms with Crippen LogP contribution in [0.5, 0.6) is 0 Å². The molecular weight excluding hydrogens is 374 g/mol. The molecule has 2 heterocycles. The maximum absolute atomic E-state index is 12.5. The topological polar surface area (TPSA) is 120 Å². The first kappa shape index (κ1) is 20.8. The molecule has 29 heavy (non-hydrogen) atoms. The molecule has 5 amide bonds. The highest BCUT2D eigenvalue weighted by Crippen LogP contribution is 2.25. The van der Waals surface area contributed by atoms with E-state index in [4.69, 9.17) is 0 Å². The molecule has 0 atom stereocenters. The standard InChI is InChI=1S/C20H27N5O4/c1-13(2)11-21-17(27)14-5-3-4-6-15(14)22-16(26)12-25-9-7-20(8-10-25)18(28)23-19(29)24-20/h3-6,13H,7-12H2,1-2H3,(H,21,27)(H,22,26)(H2,23,24,28,29). The van der Waals surface area contributed by atoms with Gasteiger partial charge in [0.05, 0.1) is 17.8 Å². The highest BCUT2D eigenvalue weighted by molar-refractivity contribution is 6.07.